The molecule has 76 valence electrons. The lowest BCUT2D eigenvalue weighted by atomic mass is 10.0. The number of amides is 1. The standard InChI is InChI=1S/C12H17NO/c1-3-11(4-2)13-12(14)9-10-7-5-6-8-10/h1,5,7,10-11H,4,6,8-9H2,2H3,(H,13,14). The summed E-state index contributed by atoms with van der Waals surface area (Å²) in [6.45, 7) is 1.97. The molecule has 0 saturated heterocycles. The molecule has 0 saturated carbocycles. The number of hydrogen-bond donors (Lipinski definition) is 1. The highest BCUT2D eigenvalue weighted by atomic mass is 16.1. The zero-order valence-corrected chi connectivity index (χ0v) is 8.62. The highest BCUT2D eigenvalue weighted by molar-refractivity contribution is 5.77. The van der Waals surface area contributed by atoms with Crippen molar-refractivity contribution in [3.8, 4) is 12.3 Å². The monoisotopic (exact) mass is 191 g/mol. The molecule has 1 rings (SSSR count). The van der Waals surface area contributed by atoms with Crippen molar-refractivity contribution >= 4 is 5.91 Å². The molecule has 0 aromatic heterocycles. The van der Waals surface area contributed by atoms with Gasteiger partial charge in [-0.05, 0) is 25.2 Å². The largest absolute Gasteiger partial charge is 0.342 e. The predicted octanol–water partition coefficient (Wildman–Crippen LogP) is 1.87. The Kier molecular flexibility index (Phi) is 4.25. The second-order valence-corrected chi connectivity index (χ2v) is 3.66. The second-order valence-electron chi connectivity index (χ2n) is 3.66. The van der Waals surface area contributed by atoms with Gasteiger partial charge in [0.25, 0.3) is 0 Å². The zero-order valence-electron chi connectivity index (χ0n) is 8.62. The van der Waals surface area contributed by atoms with Crippen LogP contribution < -0.4 is 5.32 Å². The van der Waals surface area contributed by atoms with Crippen molar-refractivity contribution in [1.29, 1.82) is 0 Å². The molecule has 2 heteroatoms. The van der Waals surface area contributed by atoms with Crippen molar-refractivity contribution in [1.82, 2.24) is 5.32 Å². The van der Waals surface area contributed by atoms with Gasteiger partial charge < -0.3 is 5.32 Å². The van der Waals surface area contributed by atoms with Crippen molar-refractivity contribution in [3.63, 3.8) is 0 Å². The van der Waals surface area contributed by atoms with Crippen LogP contribution in [0.4, 0.5) is 0 Å². The van der Waals surface area contributed by atoms with E-state index in [0.29, 0.717) is 12.3 Å². The molecule has 0 radical (unpaired) electrons. The van der Waals surface area contributed by atoms with Crippen LogP contribution >= 0.6 is 0 Å². The topological polar surface area (TPSA) is 29.1 Å². The van der Waals surface area contributed by atoms with E-state index in [0.717, 1.165) is 19.3 Å². The van der Waals surface area contributed by atoms with Crippen molar-refractivity contribution < 1.29 is 4.79 Å². The van der Waals surface area contributed by atoms with Crippen LogP contribution in [0.15, 0.2) is 12.2 Å². The Balaban J connectivity index is 2.28. The summed E-state index contributed by atoms with van der Waals surface area (Å²) >= 11 is 0. The first kappa shape index (κ1) is 10.8. The van der Waals surface area contributed by atoms with Crippen LogP contribution in [-0.2, 0) is 4.79 Å². The van der Waals surface area contributed by atoms with Gasteiger partial charge in [-0.2, -0.15) is 0 Å². The van der Waals surface area contributed by atoms with Gasteiger partial charge >= 0.3 is 0 Å². The van der Waals surface area contributed by atoms with Gasteiger partial charge in [0, 0.05) is 6.42 Å². The fourth-order valence-corrected chi connectivity index (χ4v) is 1.62. The molecule has 2 nitrogen and oxygen atoms in total. The van der Waals surface area contributed by atoms with Crippen molar-refractivity contribution in [3.05, 3.63) is 12.2 Å². The number of nitrogens with one attached hydrogen (secondary N) is 1. The summed E-state index contributed by atoms with van der Waals surface area (Å²) in [5.74, 6) is 3.05. The van der Waals surface area contributed by atoms with E-state index < -0.39 is 0 Å². The van der Waals surface area contributed by atoms with Gasteiger partial charge in [0.2, 0.25) is 5.91 Å². The molecule has 14 heavy (non-hydrogen) atoms. The van der Waals surface area contributed by atoms with Crippen LogP contribution in [0.2, 0.25) is 0 Å². The van der Waals surface area contributed by atoms with Gasteiger partial charge in [0.15, 0.2) is 0 Å². The second kappa shape index (κ2) is 5.49. The van der Waals surface area contributed by atoms with Gasteiger partial charge in [-0.1, -0.05) is 25.0 Å². The van der Waals surface area contributed by atoms with Crippen LogP contribution in [0.25, 0.3) is 0 Å². The van der Waals surface area contributed by atoms with Crippen LogP contribution in [0.5, 0.6) is 0 Å². The fourth-order valence-electron chi connectivity index (χ4n) is 1.62. The zero-order chi connectivity index (χ0) is 10.4. The Morgan fingerprint density at radius 3 is 3.07 bits per heavy atom. The molecule has 0 spiro atoms. The number of carbonyl (C=O) groups is 1. The average molecular weight is 191 g/mol. The Labute approximate surface area is 85.8 Å². The Morgan fingerprint density at radius 2 is 2.57 bits per heavy atom. The number of carbonyl (C=O) groups excluding carboxylic acids is 1. The molecule has 1 aliphatic rings. The van der Waals surface area contributed by atoms with E-state index >= 15 is 0 Å². The number of terminal acetylenes is 1. The lowest BCUT2D eigenvalue weighted by Crippen LogP contribution is -2.33. The minimum Gasteiger partial charge on any atom is -0.342 e. The van der Waals surface area contributed by atoms with Crippen LogP contribution in [-0.4, -0.2) is 11.9 Å². The predicted molar refractivity (Wildman–Crippen MR) is 57.5 cm³/mol. The minimum atomic E-state index is -0.104. The molecule has 1 N–H and O–H groups in total. The molecule has 0 aliphatic heterocycles. The lowest BCUT2D eigenvalue weighted by molar-refractivity contribution is -0.122. The molecule has 1 amide bonds. The molecule has 0 heterocycles. The van der Waals surface area contributed by atoms with Crippen LogP contribution in [0.1, 0.15) is 32.6 Å². The van der Waals surface area contributed by atoms with Gasteiger partial charge in [-0.25, -0.2) is 0 Å². The van der Waals surface area contributed by atoms with Crippen molar-refractivity contribution in [2.24, 2.45) is 5.92 Å². The molecule has 0 aromatic carbocycles. The average Bonchev–Trinajstić information content (AvgIpc) is 2.66. The van der Waals surface area contributed by atoms with Gasteiger partial charge in [0.1, 0.15) is 0 Å². The first-order valence-electron chi connectivity index (χ1n) is 5.18. The Bertz CT molecular complexity index is 262. The highest BCUT2D eigenvalue weighted by Gasteiger charge is 2.15. The van der Waals surface area contributed by atoms with E-state index in [4.69, 9.17) is 6.42 Å². The quantitative estimate of drug-likeness (QED) is 0.533. The molecule has 1 aliphatic carbocycles. The maximum Gasteiger partial charge on any atom is 0.221 e. The van der Waals surface area contributed by atoms with E-state index in [2.05, 4.69) is 23.4 Å². The lowest BCUT2D eigenvalue weighted by Gasteiger charge is -2.12. The maximum absolute atomic E-state index is 11.5. The molecule has 2 unspecified atom stereocenters. The molecule has 2 atom stereocenters. The SMILES string of the molecule is C#CC(CC)NC(=O)CC1C=CCC1. The third-order valence-electron chi connectivity index (χ3n) is 2.50. The molecule has 0 bridgehead atoms. The molecular weight excluding hydrogens is 174 g/mol. The fraction of sp³-hybridized carbons (Fsp3) is 0.583. The van der Waals surface area contributed by atoms with E-state index in [9.17, 15) is 4.79 Å². The summed E-state index contributed by atoms with van der Waals surface area (Å²) in [7, 11) is 0. The number of allylic oxidation sites excluding steroid dienone is 2. The highest BCUT2D eigenvalue weighted by Crippen LogP contribution is 2.19. The molecule has 0 aromatic rings. The van der Waals surface area contributed by atoms with Gasteiger partial charge in [-0.15, -0.1) is 6.42 Å². The smallest absolute Gasteiger partial charge is 0.221 e. The van der Waals surface area contributed by atoms with Gasteiger partial charge in [0.05, 0.1) is 6.04 Å². The molecular formula is C12H17NO. The van der Waals surface area contributed by atoms with E-state index in [1.54, 1.807) is 0 Å². The number of hydrogen-bond acceptors (Lipinski definition) is 1. The summed E-state index contributed by atoms with van der Waals surface area (Å²) < 4.78 is 0. The van der Waals surface area contributed by atoms with Crippen LogP contribution in [0.3, 0.4) is 0 Å². The first-order chi connectivity index (χ1) is 6.76. The van der Waals surface area contributed by atoms with Crippen molar-refractivity contribution in [2.45, 2.75) is 38.6 Å². The molecule has 0 fully saturated rings. The summed E-state index contributed by atoms with van der Waals surface area (Å²) in [5, 5.41) is 2.83. The normalized spacial score (nSPS) is 21.6. The summed E-state index contributed by atoms with van der Waals surface area (Å²) in [6.07, 6.45) is 13.1. The summed E-state index contributed by atoms with van der Waals surface area (Å²) in [6, 6.07) is -0.104. The third kappa shape index (κ3) is 3.26. The summed E-state index contributed by atoms with van der Waals surface area (Å²) in [4.78, 5) is 11.5. The Morgan fingerprint density at radius 1 is 1.79 bits per heavy atom. The number of rotatable bonds is 4. The summed E-state index contributed by atoms with van der Waals surface area (Å²) in [5.41, 5.74) is 0. The van der Waals surface area contributed by atoms with Gasteiger partial charge in [-0.3, -0.25) is 4.79 Å². The maximum atomic E-state index is 11.5. The van der Waals surface area contributed by atoms with Crippen LogP contribution in [0, 0.1) is 18.3 Å². The van der Waals surface area contributed by atoms with E-state index in [1.807, 2.05) is 6.92 Å². The van der Waals surface area contributed by atoms with Crippen molar-refractivity contribution in [2.75, 3.05) is 0 Å². The first-order valence-corrected chi connectivity index (χ1v) is 5.18. The third-order valence-corrected chi connectivity index (χ3v) is 2.50. The van der Waals surface area contributed by atoms with E-state index in [-0.39, 0.29) is 11.9 Å². The van der Waals surface area contributed by atoms with E-state index in [1.165, 1.54) is 0 Å². The Hall–Kier alpha value is -1.23. The minimum absolute atomic E-state index is 0.0753.